The van der Waals surface area contributed by atoms with Crippen LogP contribution in [0.1, 0.15) is 28.1 Å². The SMILES string of the molecule is NC(=O)c1ccc(N2CCN(C(=O)CCCc3ccc(Br)s3)CC2)cc1. The third kappa shape index (κ3) is 4.86. The molecule has 1 aliphatic heterocycles. The average Bonchev–Trinajstić information content (AvgIpc) is 3.07. The van der Waals surface area contributed by atoms with Crippen molar-refractivity contribution in [3.05, 3.63) is 50.6 Å². The normalized spacial score (nSPS) is 14.5. The highest BCUT2D eigenvalue weighted by atomic mass is 79.9. The number of aryl methyl sites for hydroxylation is 1. The Balaban J connectivity index is 1.43. The van der Waals surface area contributed by atoms with Gasteiger partial charge in [0.2, 0.25) is 11.8 Å². The van der Waals surface area contributed by atoms with Gasteiger partial charge in [-0.25, -0.2) is 0 Å². The summed E-state index contributed by atoms with van der Waals surface area (Å²) < 4.78 is 1.14. The highest BCUT2D eigenvalue weighted by Gasteiger charge is 2.21. The Morgan fingerprint density at radius 3 is 2.31 bits per heavy atom. The van der Waals surface area contributed by atoms with Crippen molar-refractivity contribution in [1.82, 2.24) is 4.90 Å². The van der Waals surface area contributed by atoms with E-state index in [0.717, 1.165) is 48.5 Å². The topological polar surface area (TPSA) is 66.6 Å². The Labute approximate surface area is 165 Å². The van der Waals surface area contributed by atoms with E-state index in [4.69, 9.17) is 5.73 Å². The van der Waals surface area contributed by atoms with E-state index in [-0.39, 0.29) is 5.91 Å². The minimum Gasteiger partial charge on any atom is -0.368 e. The average molecular weight is 436 g/mol. The molecule has 2 amide bonds. The molecule has 0 radical (unpaired) electrons. The van der Waals surface area contributed by atoms with E-state index in [1.807, 2.05) is 17.0 Å². The van der Waals surface area contributed by atoms with Crippen LogP contribution in [0.5, 0.6) is 0 Å². The highest BCUT2D eigenvalue weighted by Crippen LogP contribution is 2.23. The lowest BCUT2D eigenvalue weighted by atomic mass is 10.1. The summed E-state index contributed by atoms with van der Waals surface area (Å²) in [5.41, 5.74) is 6.85. The van der Waals surface area contributed by atoms with E-state index >= 15 is 0 Å². The summed E-state index contributed by atoms with van der Waals surface area (Å²) in [7, 11) is 0. The molecule has 2 heterocycles. The molecule has 2 N–H and O–H groups in total. The summed E-state index contributed by atoms with van der Waals surface area (Å²) in [6, 6.07) is 11.5. The third-order valence-electron chi connectivity index (χ3n) is 4.59. The fraction of sp³-hybridized carbons (Fsp3) is 0.368. The third-order valence-corrected chi connectivity index (χ3v) is 6.28. The van der Waals surface area contributed by atoms with Gasteiger partial charge >= 0.3 is 0 Å². The Kier molecular flexibility index (Phi) is 6.32. The fourth-order valence-corrected chi connectivity index (χ4v) is 4.63. The molecule has 2 aromatic rings. The van der Waals surface area contributed by atoms with Crippen molar-refractivity contribution in [3.63, 3.8) is 0 Å². The van der Waals surface area contributed by atoms with Gasteiger partial charge in [-0.2, -0.15) is 0 Å². The first-order valence-corrected chi connectivity index (χ1v) is 10.3. The van der Waals surface area contributed by atoms with Crippen molar-refractivity contribution < 1.29 is 9.59 Å². The second-order valence-corrected chi connectivity index (χ2v) is 8.89. The summed E-state index contributed by atoms with van der Waals surface area (Å²) in [5.74, 6) is -0.175. The van der Waals surface area contributed by atoms with Crippen LogP contribution in [-0.2, 0) is 11.2 Å². The molecule has 5 nitrogen and oxygen atoms in total. The summed E-state index contributed by atoms with van der Waals surface area (Å²) in [5, 5.41) is 0. The number of carbonyl (C=O) groups excluding carboxylic acids is 2. The smallest absolute Gasteiger partial charge is 0.248 e. The van der Waals surface area contributed by atoms with Crippen LogP contribution in [0.3, 0.4) is 0 Å². The van der Waals surface area contributed by atoms with Crippen LogP contribution in [0.4, 0.5) is 5.69 Å². The van der Waals surface area contributed by atoms with Crippen molar-refractivity contribution in [3.8, 4) is 0 Å². The predicted octanol–water partition coefficient (Wildman–Crippen LogP) is 3.28. The number of halogens is 1. The van der Waals surface area contributed by atoms with Crippen LogP contribution >= 0.6 is 27.3 Å². The van der Waals surface area contributed by atoms with Crippen molar-refractivity contribution in [2.75, 3.05) is 31.1 Å². The quantitative estimate of drug-likeness (QED) is 0.756. The van der Waals surface area contributed by atoms with Gasteiger partial charge in [-0.1, -0.05) is 0 Å². The molecular weight excluding hydrogens is 414 g/mol. The van der Waals surface area contributed by atoms with Gasteiger partial charge in [0.05, 0.1) is 3.79 Å². The Hall–Kier alpha value is -1.86. The van der Waals surface area contributed by atoms with Gasteiger partial charge in [0, 0.05) is 48.7 Å². The summed E-state index contributed by atoms with van der Waals surface area (Å²) >= 11 is 5.20. The van der Waals surface area contributed by atoms with Crippen molar-refractivity contribution in [2.24, 2.45) is 5.73 Å². The number of hydrogen-bond donors (Lipinski definition) is 1. The molecule has 3 rings (SSSR count). The standard InChI is InChI=1S/C19H22BrN3O2S/c20-17-9-8-16(26-17)2-1-3-18(24)23-12-10-22(11-13-23)15-6-4-14(5-7-15)19(21)25/h4-9H,1-3,10-13H2,(H2,21,25). The number of hydrogen-bond acceptors (Lipinski definition) is 4. The number of carbonyl (C=O) groups is 2. The lowest BCUT2D eigenvalue weighted by molar-refractivity contribution is -0.131. The molecule has 0 aliphatic carbocycles. The molecule has 0 saturated carbocycles. The number of nitrogens with zero attached hydrogens (tertiary/aromatic N) is 2. The Morgan fingerprint density at radius 1 is 1.04 bits per heavy atom. The highest BCUT2D eigenvalue weighted by molar-refractivity contribution is 9.11. The van der Waals surface area contributed by atoms with Crippen molar-refractivity contribution in [1.29, 1.82) is 0 Å². The summed E-state index contributed by atoms with van der Waals surface area (Å²) in [6.45, 7) is 3.08. The van der Waals surface area contributed by atoms with E-state index in [1.165, 1.54) is 4.88 Å². The number of piperazine rings is 1. The molecule has 1 aliphatic rings. The molecule has 0 bridgehead atoms. The van der Waals surface area contributed by atoms with Crippen molar-refractivity contribution >= 4 is 44.8 Å². The Morgan fingerprint density at radius 2 is 1.73 bits per heavy atom. The molecule has 0 atom stereocenters. The van der Waals surface area contributed by atoms with Gasteiger partial charge in [0.15, 0.2) is 0 Å². The van der Waals surface area contributed by atoms with E-state index in [1.54, 1.807) is 23.5 Å². The molecule has 26 heavy (non-hydrogen) atoms. The van der Waals surface area contributed by atoms with Gasteiger partial charge in [-0.05, 0) is 65.2 Å². The zero-order chi connectivity index (χ0) is 18.5. The fourth-order valence-electron chi connectivity index (χ4n) is 3.11. The molecule has 1 fully saturated rings. The molecule has 1 aromatic heterocycles. The number of primary amides is 1. The number of rotatable bonds is 6. The maximum Gasteiger partial charge on any atom is 0.248 e. The molecule has 1 saturated heterocycles. The number of amides is 2. The zero-order valence-electron chi connectivity index (χ0n) is 14.5. The van der Waals surface area contributed by atoms with Crippen LogP contribution in [0.15, 0.2) is 40.2 Å². The van der Waals surface area contributed by atoms with Crippen LogP contribution < -0.4 is 10.6 Å². The minimum atomic E-state index is -0.415. The lowest BCUT2D eigenvalue weighted by Crippen LogP contribution is -2.48. The second kappa shape index (κ2) is 8.68. The second-order valence-electron chi connectivity index (χ2n) is 6.34. The van der Waals surface area contributed by atoms with Crippen LogP contribution in [0.2, 0.25) is 0 Å². The molecule has 0 spiro atoms. The molecule has 138 valence electrons. The first kappa shape index (κ1) is 18.9. The lowest BCUT2D eigenvalue weighted by Gasteiger charge is -2.36. The van der Waals surface area contributed by atoms with Gasteiger partial charge in [-0.3, -0.25) is 9.59 Å². The number of nitrogens with two attached hydrogens (primary N) is 1. The van der Waals surface area contributed by atoms with Gasteiger partial charge < -0.3 is 15.5 Å². The van der Waals surface area contributed by atoms with Gasteiger partial charge in [0.1, 0.15) is 0 Å². The van der Waals surface area contributed by atoms with Crippen LogP contribution in [0.25, 0.3) is 0 Å². The first-order valence-electron chi connectivity index (χ1n) is 8.70. The summed E-state index contributed by atoms with van der Waals surface area (Å²) in [6.07, 6.45) is 2.44. The molecule has 7 heteroatoms. The summed E-state index contributed by atoms with van der Waals surface area (Å²) in [4.78, 5) is 29.1. The van der Waals surface area contributed by atoms with Gasteiger partial charge in [0.25, 0.3) is 0 Å². The maximum atomic E-state index is 12.4. The molecular formula is C19H22BrN3O2S. The zero-order valence-corrected chi connectivity index (χ0v) is 16.9. The predicted molar refractivity (Wildman–Crippen MR) is 109 cm³/mol. The van der Waals surface area contributed by atoms with Crippen LogP contribution in [0, 0.1) is 0 Å². The van der Waals surface area contributed by atoms with Crippen LogP contribution in [-0.4, -0.2) is 42.9 Å². The van der Waals surface area contributed by atoms with E-state index in [9.17, 15) is 9.59 Å². The van der Waals surface area contributed by atoms with Gasteiger partial charge in [-0.15, -0.1) is 11.3 Å². The first-order chi connectivity index (χ1) is 12.5. The Bertz CT molecular complexity index is 767. The van der Waals surface area contributed by atoms with E-state index in [0.29, 0.717) is 12.0 Å². The van der Waals surface area contributed by atoms with Crippen molar-refractivity contribution in [2.45, 2.75) is 19.3 Å². The largest absolute Gasteiger partial charge is 0.368 e. The number of benzene rings is 1. The van der Waals surface area contributed by atoms with E-state index in [2.05, 4.69) is 33.0 Å². The maximum absolute atomic E-state index is 12.4. The number of thiophene rings is 1. The van der Waals surface area contributed by atoms with E-state index < -0.39 is 5.91 Å². The monoisotopic (exact) mass is 435 g/mol. The minimum absolute atomic E-state index is 0.240. The molecule has 0 unspecified atom stereocenters. The molecule has 1 aromatic carbocycles. The number of anilines is 1.